The van der Waals surface area contributed by atoms with E-state index in [9.17, 15) is 18.0 Å². The van der Waals surface area contributed by atoms with Crippen LogP contribution in [0.15, 0.2) is 22.7 Å². The molecule has 0 atom stereocenters. The molecule has 1 aliphatic heterocycles. The van der Waals surface area contributed by atoms with Gasteiger partial charge in [-0.1, -0.05) is 22.0 Å². The molecule has 0 aromatic heterocycles. The van der Waals surface area contributed by atoms with Gasteiger partial charge in [0.2, 0.25) is 5.91 Å². The van der Waals surface area contributed by atoms with Crippen LogP contribution in [0.1, 0.15) is 12.0 Å². The quantitative estimate of drug-likeness (QED) is 0.779. The molecule has 92 valence electrons. The van der Waals surface area contributed by atoms with Gasteiger partial charge in [-0.15, -0.1) is 0 Å². The van der Waals surface area contributed by atoms with Crippen LogP contribution in [0.25, 0.3) is 0 Å². The van der Waals surface area contributed by atoms with Crippen molar-refractivity contribution in [1.29, 1.82) is 0 Å². The zero-order valence-electron chi connectivity index (χ0n) is 8.72. The van der Waals surface area contributed by atoms with Gasteiger partial charge < -0.3 is 4.90 Å². The monoisotopic (exact) mass is 307 g/mol. The molecular formula is C11H9BrF3NO. The fourth-order valence-electron chi connectivity index (χ4n) is 1.86. The van der Waals surface area contributed by atoms with Gasteiger partial charge in [0.1, 0.15) is 6.54 Å². The molecule has 6 heteroatoms. The van der Waals surface area contributed by atoms with E-state index < -0.39 is 18.6 Å². The molecule has 0 saturated carbocycles. The first-order valence-electron chi connectivity index (χ1n) is 5.02. The Labute approximate surface area is 105 Å². The second kappa shape index (κ2) is 4.33. The van der Waals surface area contributed by atoms with Crippen LogP contribution in [-0.4, -0.2) is 18.6 Å². The van der Waals surface area contributed by atoms with Crippen LogP contribution in [0.5, 0.6) is 0 Å². The summed E-state index contributed by atoms with van der Waals surface area (Å²) in [7, 11) is 0. The van der Waals surface area contributed by atoms with E-state index >= 15 is 0 Å². The molecule has 1 aromatic carbocycles. The molecule has 17 heavy (non-hydrogen) atoms. The summed E-state index contributed by atoms with van der Waals surface area (Å²) in [5, 5.41) is 0. The normalized spacial score (nSPS) is 16.0. The first-order chi connectivity index (χ1) is 7.87. The number of anilines is 1. The maximum Gasteiger partial charge on any atom is 0.406 e. The molecule has 0 unspecified atom stereocenters. The number of benzene rings is 1. The van der Waals surface area contributed by atoms with E-state index in [-0.39, 0.29) is 6.42 Å². The lowest BCUT2D eigenvalue weighted by Crippen LogP contribution is -2.41. The molecule has 0 N–H and O–H groups in total. The second-order valence-corrected chi connectivity index (χ2v) is 4.78. The minimum absolute atomic E-state index is 0.130. The first kappa shape index (κ1) is 12.4. The number of aryl methyl sites for hydroxylation is 1. The minimum atomic E-state index is -4.38. The van der Waals surface area contributed by atoms with E-state index in [2.05, 4.69) is 15.9 Å². The van der Waals surface area contributed by atoms with Crippen molar-refractivity contribution < 1.29 is 18.0 Å². The van der Waals surface area contributed by atoms with E-state index in [1.54, 1.807) is 18.2 Å². The Kier molecular flexibility index (Phi) is 3.16. The van der Waals surface area contributed by atoms with Crippen molar-refractivity contribution in [3.8, 4) is 0 Å². The summed E-state index contributed by atoms with van der Waals surface area (Å²) in [4.78, 5) is 12.4. The molecule has 0 fully saturated rings. The third kappa shape index (κ3) is 2.80. The van der Waals surface area contributed by atoms with E-state index in [0.717, 1.165) is 10.5 Å². The maximum absolute atomic E-state index is 12.4. The van der Waals surface area contributed by atoms with E-state index in [1.807, 2.05) is 0 Å². The highest BCUT2D eigenvalue weighted by Crippen LogP contribution is 2.32. The SMILES string of the molecule is O=C1CCc2ccc(Br)cc2N1CC(F)(F)F. The number of halogens is 4. The maximum atomic E-state index is 12.4. The van der Waals surface area contributed by atoms with Crippen molar-refractivity contribution in [2.24, 2.45) is 0 Å². The lowest BCUT2D eigenvalue weighted by molar-refractivity contribution is -0.132. The largest absolute Gasteiger partial charge is 0.406 e. The number of rotatable bonds is 1. The Balaban J connectivity index is 2.39. The summed E-state index contributed by atoms with van der Waals surface area (Å²) >= 11 is 3.20. The van der Waals surface area contributed by atoms with Crippen LogP contribution in [0, 0.1) is 0 Å². The highest BCUT2D eigenvalue weighted by molar-refractivity contribution is 9.10. The van der Waals surface area contributed by atoms with E-state index in [4.69, 9.17) is 0 Å². The molecule has 1 amide bonds. The number of alkyl halides is 3. The second-order valence-electron chi connectivity index (χ2n) is 3.87. The molecule has 1 heterocycles. The van der Waals surface area contributed by atoms with Crippen molar-refractivity contribution >= 4 is 27.5 Å². The third-order valence-corrected chi connectivity index (χ3v) is 3.08. The summed E-state index contributed by atoms with van der Waals surface area (Å²) in [5.41, 5.74) is 1.13. The number of carbonyl (C=O) groups is 1. The summed E-state index contributed by atoms with van der Waals surface area (Å²) < 4.78 is 37.9. The standard InChI is InChI=1S/C11H9BrF3NO/c12-8-3-1-7-2-4-10(17)16(9(7)5-8)6-11(13,14)15/h1,3,5H,2,4,6H2. The summed E-state index contributed by atoms with van der Waals surface area (Å²) in [6.45, 7) is -1.23. The van der Waals surface area contributed by atoms with Crippen molar-refractivity contribution in [2.45, 2.75) is 19.0 Å². The van der Waals surface area contributed by atoms with Crippen LogP contribution in [0.2, 0.25) is 0 Å². The molecule has 0 saturated heterocycles. The Morgan fingerprint density at radius 1 is 1.29 bits per heavy atom. The predicted octanol–water partition coefficient (Wildman–Crippen LogP) is 3.29. The number of nitrogens with zero attached hydrogens (tertiary/aromatic N) is 1. The van der Waals surface area contributed by atoms with E-state index in [1.165, 1.54) is 0 Å². The highest BCUT2D eigenvalue weighted by Gasteiger charge is 2.36. The molecule has 2 rings (SSSR count). The predicted molar refractivity (Wildman–Crippen MR) is 60.9 cm³/mol. The molecule has 0 bridgehead atoms. The van der Waals surface area contributed by atoms with Gasteiger partial charge >= 0.3 is 6.18 Å². The third-order valence-electron chi connectivity index (χ3n) is 2.58. The molecule has 1 aliphatic rings. The van der Waals surface area contributed by atoms with Gasteiger partial charge in [-0.25, -0.2) is 0 Å². The van der Waals surface area contributed by atoms with Crippen LogP contribution in [0.4, 0.5) is 18.9 Å². The molecule has 2 nitrogen and oxygen atoms in total. The molecule has 1 aromatic rings. The molecule has 0 spiro atoms. The van der Waals surface area contributed by atoms with Crippen molar-refractivity contribution in [3.05, 3.63) is 28.2 Å². The van der Waals surface area contributed by atoms with Crippen LogP contribution in [-0.2, 0) is 11.2 Å². The topological polar surface area (TPSA) is 20.3 Å². The van der Waals surface area contributed by atoms with Gasteiger partial charge in [0.05, 0.1) is 0 Å². The van der Waals surface area contributed by atoms with Gasteiger partial charge in [0.25, 0.3) is 0 Å². The van der Waals surface area contributed by atoms with Gasteiger partial charge in [-0.05, 0) is 24.1 Å². The molecule has 0 radical (unpaired) electrons. The van der Waals surface area contributed by atoms with Gasteiger partial charge in [0, 0.05) is 16.6 Å². The highest BCUT2D eigenvalue weighted by atomic mass is 79.9. The lowest BCUT2D eigenvalue weighted by Gasteiger charge is -2.30. The summed E-state index contributed by atoms with van der Waals surface area (Å²) in [5.74, 6) is -0.479. The number of hydrogen-bond acceptors (Lipinski definition) is 1. The molecular weight excluding hydrogens is 299 g/mol. The smallest absolute Gasteiger partial charge is 0.303 e. The van der Waals surface area contributed by atoms with Gasteiger partial charge in [0.15, 0.2) is 0 Å². The average Bonchev–Trinajstić information content (AvgIpc) is 2.21. The van der Waals surface area contributed by atoms with Crippen LogP contribution >= 0.6 is 15.9 Å². The Hall–Kier alpha value is -1.04. The Bertz CT molecular complexity index is 459. The average molecular weight is 308 g/mol. The summed E-state index contributed by atoms with van der Waals surface area (Å²) in [6.07, 6.45) is -3.76. The van der Waals surface area contributed by atoms with Gasteiger partial charge in [-0.2, -0.15) is 13.2 Å². The van der Waals surface area contributed by atoms with Crippen molar-refractivity contribution in [2.75, 3.05) is 11.4 Å². The minimum Gasteiger partial charge on any atom is -0.303 e. The Morgan fingerprint density at radius 3 is 2.65 bits per heavy atom. The van der Waals surface area contributed by atoms with Gasteiger partial charge in [-0.3, -0.25) is 4.79 Å². The summed E-state index contributed by atoms with van der Waals surface area (Å²) in [6, 6.07) is 5.06. The number of amides is 1. The Morgan fingerprint density at radius 2 is 2.00 bits per heavy atom. The van der Waals surface area contributed by atoms with E-state index in [0.29, 0.717) is 16.6 Å². The fourth-order valence-corrected chi connectivity index (χ4v) is 2.21. The number of hydrogen-bond donors (Lipinski definition) is 0. The number of carbonyl (C=O) groups excluding carboxylic acids is 1. The van der Waals surface area contributed by atoms with Crippen molar-refractivity contribution in [1.82, 2.24) is 0 Å². The number of fused-ring (bicyclic) bond motifs is 1. The van der Waals surface area contributed by atoms with Crippen LogP contribution < -0.4 is 4.90 Å². The first-order valence-corrected chi connectivity index (χ1v) is 5.82. The van der Waals surface area contributed by atoms with Crippen molar-refractivity contribution in [3.63, 3.8) is 0 Å². The van der Waals surface area contributed by atoms with Crippen LogP contribution in [0.3, 0.4) is 0 Å². The zero-order chi connectivity index (χ0) is 12.6. The lowest BCUT2D eigenvalue weighted by atomic mass is 10.0. The fraction of sp³-hybridized carbons (Fsp3) is 0.364. The zero-order valence-corrected chi connectivity index (χ0v) is 10.3. The molecule has 0 aliphatic carbocycles.